The maximum atomic E-state index is 12.5. The minimum Gasteiger partial charge on any atom is -0.483 e. The van der Waals surface area contributed by atoms with Gasteiger partial charge in [-0.15, -0.1) is 0 Å². The molecule has 1 saturated heterocycles. The summed E-state index contributed by atoms with van der Waals surface area (Å²) >= 11 is 0. The molecule has 0 radical (unpaired) electrons. The summed E-state index contributed by atoms with van der Waals surface area (Å²) in [7, 11) is 1.60. The molecule has 3 aromatic rings. The van der Waals surface area contributed by atoms with Crippen LogP contribution in [0.2, 0.25) is 0 Å². The topological polar surface area (TPSA) is 108 Å². The fourth-order valence-corrected chi connectivity index (χ4v) is 4.68. The van der Waals surface area contributed by atoms with Crippen LogP contribution in [0.5, 0.6) is 5.75 Å². The summed E-state index contributed by atoms with van der Waals surface area (Å²) in [5.41, 5.74) is 8.20. The van der Waals surface area contributed by atoms with Crippen LogP contribution >= 0.6 is 0 Å². The van der Waals surface area contributed by atoms with E-state index in [1.54, 1.807) is 19.3 Å². The van der Waals surface area contributed by atoms with Crippen molar-refractivity contribution in [3.05, 3.63) is 67.0 Å². The van der Waals surface area contributed by atoms with E-state index in [1.807, 2.05) is 46.0 Å². The van der Waals surface area contributed by atoms with Gasteiger partial charge >= 0.3 is 0 Å². The number of allylic oxidation sites excluding steroid dienone is 2. The molecule has 1 aliphatic heterocycles. The van der Waals surface area contributed by atoms with E-state index in [9.17, 15) is 4.79 Å². The van der Waals surface area contributed by atoms with Crippen LogP contribution in [0.15, 0.2) is 67.0 Å². The number of likely N-dealkylation sites (tertiary alicyclic amines) is 1. The molecule has 5 rings (SSSR count). The fourth-order valence-electron chi connectivity index (χ4n) is 4.68. The van der Waals surface area contributed by atoms with Gasteiger partial charge in [0.2, 0.25) is 5.91 Å². The second kappa shape index (κ2) is 9.94. The highest BCUT2D eigenvalue weighted by atomic mass is 16.5. The van der Waals surface area contributed by atoms with Gasteiger partial charge in [0.15, 0.2) is 5.65 Å². The first-order valence-corrected chi connectivity index (χ1v) is 12.0. The molecular formula is C27H30N6O3. The minimum atomic E-state index is -0.368. The number of methoxy groups -OCH3 is 1. The number of nitrogens with two attached hydrogens (primary N) is 1. The maximum Gasteiger partial charge on any atom is 0.246 e. The Balaban J connectivity index is 1.41. The van der Waals surface area contributed by atoms with Crippen molar-refractivity contribution in [3.63, 3.8) is 0 Å². The number of ether oxygens (including phenoxy) is 2. The highest BCUT2D eigenvalue weighted by Gasteiger charge is 2.30. The van der Waals surface area contributed by atoms with Gasteiger partial charge in [-0.3, -0.25) is 4.79 Å². The standard InChI is InChI=1S/C27H30N6O3/c1-27(13-4-3-5-14-27)36-21-10-8-19(9-11-21)24-23-25(28)29-18-30-26(23)33(31-24)20-12-15-32(17-20)22(34)7-6-16-35-2/h3-11,13,18,20H,12,14-17H2,1-2H3,(H2,28,29,30)/b7-6+. The molecule has 0 bridgehead atoms. The molecule has 0 saturated carbocycles. The minimum absolute atomic E-state index is 0.0102. The average molecular weight is 487 g/mol. The number of rotatable bonds is 7. The van der Waals surface area contributed by atoms with Crippen molar-refractivity contribution in [3.8, 4) is 17.0 Å². The highest BCUT2D eigenvalue weighted by Crippen LogP contribution is 2.35. The lowest BCUT2D eigenvalue weighted by atomic mass is 9.97. The molecule has 1 aliphatic carbocycles. The monoisotopic (exact) mass is 486 g/mol. The van der Waals surface area contributed by atoms with E-state index in [0.29, 0.717) is 42.2 Å². The van der Waals surface area contributed by atoms with Gasteiger partial charge in [0, 0.05) is 38.3 Å². The molecule has 2 unspecified atom stereocenters. The zero-order valence-electron chi connectivity index (χ0n) is 20.5. The molecule has 1 aromatic carbocycles. The van der Waals surface area contributed by atoms with Crippen molar-refractivity contribution in [1.82, 2.24) is 24.6 Å². The second-order valence-corrected chi connectivity index (χ2v) is 9.27. The number of carbonyl (C=O) groups excluding carboxylic acids is 1. The van der Waals surface area contributed by atoms with Gasteiger partial charge in [-0.1, -0.05) is 24.3 Å². The normalized spacial score (nSPS) is 21.6. The highest BCUT2D eigenvalue weighted by molar-refractivity contribution is 5.98. The molecule has 186 valence electrons. The molecule has 1 amide bonds. The lowest BCUT2D eigenvalue weighted by Gasteiger charge is -2.28. The van der Waals surface area contributed by atoms with E-state index >= 15 is 0 Å². The summed E-state index contributed by atoms with van der Waals surface area (Å²) in [5.74, 6) is 1.12. The van der Waals surface area contributed by atoms with Crippen LogP contribution in [0, 0.1) is 0 Å². The van der Waals surface area contributed by atoms with E-state index < -0.39 is 0 Å². The molecule has 36 heavy (non-hydrogen) atoms. The van der Waals surface area contributed by atoms with Gasteiger partial charge in [-0.2, -0.15) is 5.10 Å². The first kappa shape index (κ1) is 23.7. The molecule has 0 spiro atoms. The summed E-state index contributed by atoms with van der Waals surface area (Å²) in [6.45, 7) is 3.66. The Morgan fingerprint density at radius 3 is 2.83 bits per heavy atom. The first-order valence-electron chi connectivity index (χ1n) is 12.0. The van der Waals surface area contributed by atoms with Crippen LogP contribution in [-0.2, 0) is 9.53 Å². The summed E-state index contributed by atoms with van der Waals surface area (Å²) in [6.07, 6.45) is 14.5. The summed E-state index contributed by atoms with van der Waals surface area (Å²) in [5, 5.41) is 5.64. The molecule has 1 fully saturated rings. The van der Waals surface area contributed by atoms with Gasteiger partial charge in [0.1, 0.15) is 29.2 Å². The zero-order chi connectivity index (χ0) is 25.1. The third-order valence-corrected chi connectivity index (χ3v) is 6.56. The van der Waals surface area contributed by atoms with E-state index in [-0.39, 0.29) is 17.6 Å². The molecule has 2 atom stereocenters. The number of nitrogens with zero attached hydrogens (tertiary/aromatic N) is 5. The number of fused-ring (bicyclic) bond motifs is 1. The first-order chi connectivity index (χ1) is 17.5. The summed E-state index contributed by atoms with van der Waals surface area (Å²) < 4.78 is 13.1. The van der Waals surface area contributed by atoms with Crippen LogP contribution in [0.1, 0.15) is 25.8 Å². The number of benzene rings is 1. The van der Waals surface area contributed by atoms with E-state index in [2.05, 4.69) is 29.0 Å². The predicted octanol–water partition coefficient (Wildman–Crippen LogP) is 3.71. The Hall–Kier alpha value is -3.98. The second-order valence-electron chi connectivity index (χ2n) is 9.27. The van der Waals surface area contributed by atoms with Crippen molar-refractivity contribution >= 4 is 22.8 Å². The molecule has 9 heteroatoms. The third kappa shape index (κ3) is 4.74. The Kier molecular flexibility index (Phi) is 6.56. The predicted molar refractivity (Wildman–Crippen MR) is 138 cm³/mol. The van der Waals surface area contributed by atoms with Crippen molar-refractivity contribution in [2.24, 2.45) is 0 Å². The molecular weight excluding hydrogens is 456 g/mol. The van der Waals surface area contributed by atoms with E-state index in [0.717, 1.165) is 24.2 Å². The molecule has 2 aliphatic rings. The van der Waals surface area contributed by atoms with Gasteiger partial charge in [-0.25, -0.2) is 14.6 Å². The van der Waals surface area contributed by atoms with Crippen molar-refractivity contribution in [2.45, 2.75) is 31.4 Å². The van der Waals surface area contributed by atoms with Gasteiger partial charge in [0.05, 0.1) is 18.0 Å². The van der Waals surface area contributed by atoms with Crippen molar-refractivity contribution in [1.29, 1.82) is 0 Å². The summed E-state index contributed by atoms with van der Waals surface area (Å²) in [6, 6.07) is 7.83. The van der Waals surface area contributed by atoms with Gasteiger partial charge in [-0.05, 0) is 43.7 Å². The number of anilines is 1. The number of carbonyl (C=O) groups is 1. The fraction of sp³-hybridized carbons (Fsp3) is 0.333. The molecule has 3 heterocycles. The molecule has 2 N–H and O–H groups in total. The maximum absolute atomic E-state index is 12.5. The van der Waals surface area contributed by atoms with Crippen molar-refractivity contribution < 1.29 is 14.3 Å². The number of amides is 1. The number of aromatic nitrogens is 4. The van der Waals surface area contributed by atoms with E-state index in [1.165, 1.54) is 6.33 Å². The van der Waals surface area contributed by atoms with Crippen LogP contribution in [0.4, 0.5) is 5.82 Å². The molecule has 9 nitrogen and oxygen atoms in total. The van der Waals surface area contributed by atoms with Crippen LogP contribution < -0.4 is 10.5 Å². The van der Waals surface area contributed by atoms with Crippen LogP contribution in [0.3, 0.4) is 0 Å². The SMILES string of the molecule is COC/C=C/C(=O)N1CCC(n2nc(-c3ccc(OC4(C)C=CC=CC4)cc3)c3c(N)ncnc32)C1. The number of nitrogen functional groups attached to an aromatic ring is 1. The third-order valence-electron chi connectivity index (χ3n) is 6.56. The largest absolute Gasteiger partial charge is 0.483 e. The quantitative estimate of drug-likeness (QED) is 0.507. The summed E-state index contributed by atoms with van der Waals surface area (Å²) in [4.78, 5) is 23.1. The number of hydrogen-bond donors (Lipinski definition) is 1. The lowest BCUT2D eigenvalue weighted by molar-refractivity contribution is -0.125. The Bertz CT molecular complexity index is 1340. The van der Waals surface area contributed by atoms with Crippen molar-refractivity contribution in [2.75, 3.05) is 32.5 Å². The van der Waals surface area contributed by atoms with Crippen LogP contribution in [-0.4, -0.2) is 63.0 Å². The molecule has 2 aromatic heterocycles. The van der Waals surface area contributed by atoms with E-state index in [4.69, 9.17) is 20.3 Å². The van der Waals surface area contributed by atoms with Gasteiger partial charge < -0.3 is 20.1 Å². The van der Waals surface area contributed by atoms with Crippen LogP contribution in [0.25, 0.3) is 22.3 Å². The average Bonchev–Trinajstić information content (AvgIpc) is 3.51. The lowest BCUT2D eigenvalue weighted by Crippen LogP contribution is -2.29. The Labute approximate surface area is 209 Å². The number of hydrogen-bond acceptors (Lipinski definition) is 7. The Morgan fingerprint density at radius 2 is 2.08 bits per heavy atom. The zero-order valence-corrected chi connectivity index (χ0v) is 20.5. The smallest absolute Gasteiger partial charge is 0.246 e. The van der Waals surface area contributed by atoms with Gasteiger partial charge in [0.25, 0.3) is 0 Å². The Morgan fingerprint density at radius 1 is 1.25 bits per heavy atom.